The van der Waals surface area contributed by atoms with Gasteiger partial charge in [-0.05, 0) is 47.9 Å². The van der Waals surface area contributed by atoms with E-state index in [0.29, 0.717) is 35.2 Å². The van der Waals surface area contributed by atoms with E-state index in [1.54, 1.807) is 16.9 Å². The molecule has 0 aliphatic rings. The average Bonchev–Trinajstić information content (AvgIpc) is 3.22. The van der Waals surface area contributed by atoms with Gasteiger partial charge >= 0.3 is 0 Å². The van der Waals surface area contributed by atoms with Crippen molar-refractivity contribution in [1.82, 2.24) is 9.78 Å². The summed E-state index contributed by atoms with van der Waals surface area (Å²) in [6.07, 6.45) is 3.46. The largest absolute Gasteiger partial charge is 0.487 e. The van der Waals surface area contributed by atoms with Crippen molar-refractivity contribution in [1.29, 1.82) is 0 Å². The number of amides is 1. The number of benzene rings is 3. The Labute approximate surface area is 186 Å². The Morgan fingerprint density at radius 1 is 1.03 bits per heavy atom. The van der Waals surface area contributed by atoms with E-state index in [0.717, 1.165) is 16.7 Å². The number of nitrogens with one attached hydrogen (secondary N) is 1. The molecule has 0 fully saturated rings. The van der Waals surface area contributed by atoms with Gasteiger partial charge in [0.25, 0.3) is 5.91 Å². The topological polar surface area (TPSA) is 56.1 Å². The van der Waals surface area contributed by atoms with Crippen LogP contribution in [0.2, 0.25) is 5.02 Å². The summed E-state index contributed by atoms with van der Waals surface area (Å²) >= 11 is 6.19. The summed E-state index contributed by atoms with van der Waals surface area (Å²) in [7, 11) is 0. The molecule has 0 radical (unpaired) electrons. The van der Waals surface area contributed by atoms with Gasteiger partial charge in [-0.3, -0.25) is 9.48 Å². The summed E-state index contributed by atoms with van der Waals surface area (Å²) in [6.45, 7) is 2.94. The van der Waals surface area contributed by atoms with Crippen molar-refractivity contribution >= 4 is 23.2 Å². The van der Waals surface area contributed by atoms with Gasteiger partial charge in [0.2, 0.25) is 0 Å². The van der Waals surface area contributed by atoms with Crippen LogP contribution in [0.15, 0.2) is 85.2 Å². The number of rotatable bonds is 7. The molecule has 0 unspecified atom stereocenters. The molecule has 0 aliphatic heterocycles. The number of carbonyl (C=O) groups is 1. The van der Waals surface area contributed by atoms with Gasteiger partial charge < -0.3 is 10.1 Å². The molecule has 156 valence electrons. The number of aromatic nitrogens is 2. The summed E-state index contributed by atoms with van der Waals surface area (Å²) in [5.74, 6) is 0.428. The second kappa shape index (κ2) is 9.49. The van der Waals surface area contributed by atoms with Crippen molar-refractivity contribution in [3.63, 3.8) is 0 Å². The number of anilines is 1. The van der Waals surface area contributed by atoms with Crippen molar-refractivity contribution in [3.05, 3.63) is 112 Å². The minimum atomic E-state index is -0.199. The van der Waals surface area contributed by atoms with Crippen molar-refractivity contribution in [2.45, 2.75) is 20.1 Å². The van der Waals surface area contributed by atoms with E-state index in [1.165, 1.54) is 0 Å². The van der Waals surface area contributed by atoms with Crippen molar-refractivity contribution in [2.24, 2.45) is 0 Å². The molecule has 1 amide bonds. The highest BCUT2D eigenvalue weighted by atomic mass is 35.5. The Morgan fingerprint density at radius 3 is 2.68 bits per heavy atom. The first-order valence-electron chi connectivity index (χ1n) is 9.92. The molecule has 0 atom stereocenters. The molecule has 0 saturated heterocycles. The predicted octanol–water partition coefficient (Wildman–Crippen LogP) is 5.72. The monoisotopic (exact) mass is 431 g/mol. The van der Waals surface area contributed by atoms with Crippen LogP contribution in [0.3, 0.4) is 0 Å². The van der Waals surface area contributed by atoms with Crippen LogP contribution in [0, 0.1) is 6.92 Å². The van der Waals surface area contributed by atoms with Crippen LogP contribution in [0.5, 0.6) is 5.75 Å². The van der Waals surface area contributed by atoms with Crippen LogP contribution < -0.4 is 10.1 Å². The third kappa shape index (κ3) is 5.53. The Morgan fingerprint density at radius 2 is 1.84 bits per heavy atom. The number of ether oxygens (including phenoxy) is 1. The first kappa shape index (κ1) is 20.7. The molecule has 3 aromatic carbocycles. The van der Waals surface area contributed by atoms with Crippen molar-refractivity contribution < 1.29 is 9.53 Å². The van der Waals surface area contributed by atoms with Crippen molar-refractivity contribution in [2.75, 3.05) is 5.32 Å². The Kier molecular flexibility index (Phi) is 6.34. The molecular formula is C25H22ClN3O2. The van der Waals surface area contributed by atoms with Crippen molar-refractivity contribution in [3.8, 4) is 5.75 Å². The van der Waals surface area contributed by atoms with E-state index in [1.807, 2.05) is 79.9 Å². The molecule has 1 N–H and O–H groups in total. The zero-order valence-corrected chi connectivity index (χ0v) is 17.8. The number of halogens is 1. The Bertz CT molecular complexity index is 1190. The molecule has 0 saturated carbocycles. The van der Waals surface area contributed by atoms with Crippen LogP contribution in [0.25, 0.3) is 0 Å². The van der Waals surface area contributed by atoms with Crippen LogP contribution in [0.1, 0.15) is 27.0 Å². The van der Waals surface area contributed by atoms with Gasteiger partial charge in [-0.2, -0.15) is 5.10 Å². The fraction of sp³-hybridized carbons (Fsp3) is 0.120. The molecule has 0 spiro atoms. The molecule has 5 nitrogen and oxygen atoms in total. The van der Waals surface area contributed by atoms with E-state index in [9.17, 15) is 4.79 Å². The van der Waals surface area contributed by atoms with Gasteiger partial charge in [-0.1, -0.05) is 60.1 Å². The Balaban J connectivity index is 1.38. The fourth-order valence-corrected chi connectivity index (χ4v) is 3.35. The summed E-state index contributed by atoms with van der Waals surface area (Å²) in [5.41, 5.74) is 4.29. The highest BCUT2D eigenvalue weighted by molar-refractivity contribution is 6.32. The maximum absolute atomic E-state index is 12.7. The van der Waals surface area contributed by atoms with E-state index in [-0.39, 0.29) is 5.91 Å². The van der Waals surface area contributed by atoms with Gasteiger partial charge in [0.15, 0.2) is 0 Å². The quantitative estimate of drug-likeness (QED) is 0.407. The Hall–Kier alpha value is -3.57. The molecule has 1 heterocycles. The second-order valence-corrected chi connectivity index (χ2v) is 7.70. The lowest BCUT2D eigenvalue weighted by atomic mass is 10.1. The highest BCUT2D eigenvalue weighted by Crippen LogP contribution is 2.26. The number of nitrogens with zero attached hydrogens (tertiary/aromatic N) is 2. The number of hydrogen-bond acceptors (Lipinski definition) is 3. The van der Waals surface area contributed by atoms with Crippen LogP contribution >= 0.6 is 11.6 Å². The zero-order chi connectivity index (χ0) is 21.6. The lowest BCUT2D eigenvalue weighted by Crippen LogP contribution is -2.12. The highest BCUT2D eigenvalue weighted by Gasteiger charge is 2.10. The minimum absolute atomic E-state index is 0.199. The molecule has 31 heavy (non-hydrogen) atoms. The summed E-state index contributed by atoms with van der Waals surface area (Å²) in [6, 6.07) is 23.0. The SMILES string of the molecule is Cc1ccc(Cl)c(OCc2cccc(C(=O)Nc3cnn(Cc4ccccc4)c3)c2)c1. The average molecular weight is 432 g/mol. The third-order valence-electron chi connectivity index (χ3n) is 4.75. The summed E-state index contributed by atoms with van der Waals surface area (Å²) in [4.78, 5) is 12.7. The maximum atomic E-state index is 12.7. The molecule has 4 aromatic rings. The van der Waals surface area contributed by atoms with Gasteiger partial charge in [0.1, 0.15) is 12.4 Å². The van der Waals surface area contributed by atoms with E-state index >= 15 is 0 Å². The fourth-order valence-electron chi connectivity index (χ4n) is 3.17. The minimum Gasteiger partial charge on any atom is -0.487 e. The molecule has 4 rings (SSSR count). The smallest absolute Gasteiger partial charge is 0.255 e. The van der Waals surface area contributed by atoms with Gasteiger partial charge in [-0.25, -0.2) is 0 Å². The predicted molar refractivity (Wildman–Crippen MR) is 123 cm³/mol. The number of carbonyl (C=O) groups excluding carboxylic acids is 1. The molecule has 6 heteroatoms. The molecule has 1 aromatic heterocycles. The second-order valence-electron chi connectivity index (χ2n) is 7.29. The van der Waals surface area contributed by atoms with Gasteiger partial charge in [0.05, 0.1) is 23.5 Å². The molecular weight excluding hydrogens is 410 g/mol. The first-order valence-corrected chi connectivity index (χ1v) is 10.3. The van der Waals surface area contributed by atoms with E-state index in [4.69, 9.17) is 16.3 Å². The van der Waals surface area contributed by atoms with Crippen LogP contribution in [-0.4, -0.2) is 15.7 Å². The standard InChI is InChI=1S/C25H22ClN3O2/c1-18-10-11-23(26)24(12-18)31-17-20-8-5-9-21(13-20)25(30)28-22-14-27-29(16-22)15-19-6-3-2-4-7-19/h2-14,16H,15,17H2,1H3,(H,28,30). The number of aryl methyl sites for hydroxylation is 1. The van der Waals surface area contributed by atoms with Crippen LogP contribution in [-0.2, 0) is 13.2 Å². The number of hydrogen-bond donors (Lipinski definition) is 1. The molecule has 0 bridgehead atoms. The van der Waals surface area contributed by atoms with E-state index in [2.05, 4.69) is 10.4 Å². The lowest BCUT2D eigenvalue weighted by molar-refractivity contribution is 0.102. The van der Waals surface area contributed by atoms with Gasteiger partial charge in [0, 0.05) is 11.8 Å². The van der Waals surface area contributed by atoms with E-state index < -0.39 is 0 Å². The normalized spacial score (nSPS) is 10.6. The first-order chi connectivity index (χ1) is 15.1. The van der Waals surface area contributed by atoms with Crippen LogP contribution in [0.4, 0.5) is 5.69 Å². The van der Waals surface area contributed by atoms with Gasteiger partial charge in [-0.15, -0.1) is 0 Å². The lowest BCUT2D eigenvalue weighted by Gasteiger charge is -2.10. The third-order valence-corrected chi connectivity index (χ3v) is 5.06. The summed E-state index contributed by atoms with van der Waals surface area (Å²) in [5, 5.41) is 7.78. The molecule has 0 aliphatic carbocycles. The zero-order valence-electron chi connectivity index (χ0n) is 17.1. The summed E-state index contributed by atoms with van der Waals surface area (Å²) < 4.78 is 7.63. The maximum Gasteiger partial charge on any atom is 0.255 e.